The minimum Gasteiger partial charge on any atom is -0.504 e. The minimum atomic E-state index is -0.220. The molecule has 2 aromatic rings. The van der Waals surface area contributed by atoms with Gasteiger partial charge in [0.25, 0.3) is 0 Å². The number of ether oxygens (including phenoxy) is 1. The van der Waals surface area contributed by atoms with Crippen molar-refractivity contribution >= 4 is 5.91 Å². The number of hydrogen-bond donors (Lipinski definition) is 2. The Morgan fingerprint density at radius 3 is 2.62 bits per heavy atom. The van der Waals surface area contributed by atoms with E-state index in [1.807, 2.05) is 25.1 Å². The molecule has 1 aliphatic rings. The van der Waals surface area contributed by atoms with Crippen molar-refractivity contribution in [1.82, 2.24) is 15.1 Å². The third kappa shape index (κ3) is 6.24. The summed E-state index contributed by atoms with van der Waals surface area (Å²) < 4.78 is 5.55. The Morgan fingerprint density at radius 2 is 1.91 bits per heavy atom. The van der Waals surface area contributed by atoms with Crippen molar-refractivity contribution in [2.45, 2.75) is 52.7 Å². The largest absolute Gasteiger partial charge is 0.504 e. The Hall–Kier alpha value is -2.57. The summed E-state index contributed by atoms with van der Waals surface area (Å²) in [5.41, 5.74) is 3.53. The number of carbonyl (C=O) groups is 1. The van der Waals surface area contributed by atoms with Gasteiger partial charge in [0.05, 0.1) is 12.6 Å². The highest BCUT2D eigenvalue weighted by Crippen LogP contribution is 2.30. The number of benzene rings is 2. The Labute approximate surface area is 192 Å². The highest BCUT2D eigenvalue weighted by Gasteiger charge is 2.31. The first kappa shape index (κ1) is 24.1. The van der Waals surface area contributed by atoms with E-state index in [0.29, 0.717) is 31.9 Å². The molecule has 1 atom stereocenters. The van der Waals surface area contributed by atoms with Crippen molar-refractivity contribution in [2.75, 3.05) is 32.8 Å². The summed E-state index contributed by atoms with van der Waals surface area (Å²) in [6, 6.07) is 13.6. The van der Waals surface area contributed by atoms with Gasteiger partial charge in [-0.15, -0.1) is 0 Å². The number of nitrogens with zero attached hydrogens (tertiary/aromatic N) is 2. The Morgan fingerprint density at radius 1 is 1.16 bits per heavy atom. The maximum atomic E-state index is 13.2. The molecule has 6 nitrogen and oxygen atoms in total. The molecule has 2 N–H and O–H groups in total. The number of hydrogen-bond acceptors (Lipinski definition) is 5. The summed E-state index contributed by atoms with van der Waals surface area (Å²) >= 11 is 0. The van der Waals surface area contributed by atoms with Crippen molar-refractivity contribution in [2.24, 2.45) is 0 Å². The summed E-state index contributed by atoms with van der Waals surface area (Å²) in [7, 11) is 0. The molecule has 0 aliphatic carbocycles. The van der Waals surface area contributed by atoms with E-state index < -0.39 is 0 Å². The Kier molecular flexibility index (Phi) is 8.94. The number of amides is 1. The summed E-state index contributed by atoms with van der Waals surface area (Å²) in [4.78, 5) is 17.8. The molecule has 0 saturated carbocycles. The van der Waals surface area contributed by atoms with Gasteiger partial charge in [-0.25, -0.2) is 0 Å². The molecule has 3 rings (SSSR count). The van der Waals surface area contributed by atoms with Crippen molar-refractivity contribution < 1.29 is 14.6 Å². The quantitative estimate of drug-likeness (QED) is 0.524. The molecule has 0 bridgehead atoms. The van der Waals surface area contributed by atoms with Crippen LogP contribution in [0.15, 0.2) is 42.5 Å². The monoisotopic (exact) mass is 439 g/mol. The van der Waals surface area contributed by atoms with E-state index in [1.54, 1.807) is 6.07 Å². The molecular formula is C26H37N3O3. The van der Waals surface area contributed by atoms with Gasteiger partial charge in [0.1, 0.15) is 0 Å². The fourth-order valence-electron chi connectivity index (χ4n) is 4.34. The van der Waals surface area contributed by atoms with Crippen LogP contribution in [0.2, 0.25) is 0 Å². The average Bonchev–Trinajstić information content (AvgIpc) is 2.81. The van der Waals surface area contributed by atoms with Gasteiger partial charge < -0.3 is 20.1 Å². The van der Waals surface area contributed by atoms with E-state index >= 15 is 0 Å². The number of aromatic hydroxyl groups is 1. The third-order valence-electron chi connectivity index (χ3n) is 6.20. The predicted octanol–water partition coefficient (Wildman–Crippen LogP) is 3.57. The van der Waals surface area contributed by atoms with Gasteiger partial charge >= 0.3 is 0 Å². The summed E-state index contributed by atoms with van der Waals surface area (Å²) in [6.07, 6.45) is 1.65. The second-order valence-corrected chi connectivity index (χ2v) is 8.30. The van der Waals surface area contributed by atoms with Crippen LogP contribution in [-0.2, 0) is 24.3 Å². The van der Waals surface area contributed by atoms with E-state index in [2.05, 4.69) is 47.2 Å². The lowest BCUT2D eigenvalue weighted by atomic mass is 9.93. The standard InChI is InChI=1S/C26H37N3O3/c1-4-28(5-2)15-9-14-27-26(31)23-17-21-10-7-8-11-22(21)19-29(23)18-20-12-13-24(30)25(16-20)32-6-3/h7-8,10-13,16,23,30H,4-6,9,14-15,17-19H2,1-3H3,(H,27,31). The molecule has 2 aromatic carbocycles. The maximum Gasteiger partial charge on any atom is 0.237 e. The molecule has 0 saturated heterocycles. The minimum absolute atomic E-state index is 0.0860. The summed E-state index contributed by atoms with van der Waals surface area (Å²) in [5, 5.41) is 13.2. The van der Waals surface area contributed by atoms with Crippen molar-refractivity contribution in [3.8, 4) is 11.5 Å². The summed E-state index contributed by atoms with van der Waals surface area (Å²) in [5.74, 6) is 0.713. The summed E-state index contributed by atoms with van der Waals surface area (Å²) in [6.45, 7) is 11.8. The van der Waals surface area contributed by atoms with Crippen LogP contribution in [0, 0.1) is 0 Å². The van der Waals surface area contributed by atoms with Gasteiger partial charge in [-0.3, -0.25) is 9.69 Å². The van der Waals surface area contributed by atoms with Crippen LogP contribution in [0.1, 0.15) is 43.9 Å². The van der Waals surface area contributed by atoms with Gasteiger partial charge in [-0.2, -0.15) is 0 Å². The molecule has 0 aromatic heterocycles. The third-order valence-corrected chi connectivity index (χ3v) is 6.20. The van der Waals surface area contributed by atoms with Crippen LogP contribution in [0.4, 0.5) is 0 Å². The number of fused-ring (bicyclic) bond motifs is 1. The zero-order chi connectivity index (χ0) is 22.9. The van der Waals surface area contributed by atoms with Crippen LogP contribution in [0.25, 0.3) is 0 Å². The molecular weight excluding hydrogens is 402 g/mol. The second kappa shape index (κ2) is 11.9. The van der Waals surface area contributed by atoms with E-state index in [1.165, 1.54) is 11.1 Å². The van der Waals surface area contributed by atoms with Gasteiger partial charge in [-0.05, 0) is 68.2 Å². The highest BCUT2D eigenvalue weighted by molar-refractivity contribution is 5.82. The molecule has 0 radical (unpaired) electrons. The normalized spacial score (nSPS) is 16.1. The Balaban J connectivity index is 1.70. The van der Waals surface area contributed by atoms with E-state index in [-0.39, 0.29) is 17.7 Å². The number of carbonyl (C=O) groups excluding carboxylic acids is 1. The average molecular weight is 440 g/mol. The van der Waals surface area contributed by atoms with Gasteiger partial charge in [-0.1, -0.05) is 44.2 Å². The molecule has 6 heteroatoms. The topological polar surface area (TPSA) is 65.0 Å². The molecule has 1 aliphatic heterocycles. The molecule has 32 heavy (non-hydrogen) atoms. The van der Waals surface area contributed by atoms with Crippen molar-refractivity contribution in [3.05, 3.63) is 59.2 Å². The van der Waals surface area contributed by atoms with E-state index in [4.69, 9.17) is 4.74 Å². The molecule has 0 spiro atoms. The number of nitrogens with one attached hydrogen (secondary N) is 1. The van der Waals surface area contributed by atoms with Crippen LogP contribution in [-0.4, -0.2) is 59.6 Å². The SMILES string of the molecule is CCOc1cc(CN2Cc3ccccc3CC2C(=O)NCCCN(CC)CC)ccc1O. The Bertz CT molecular complexity index is 882. The molecule has 1 amide bonds. The van der Waals surface area contributed by atoms with Crippen LogP contribution in [0.3, 0.4) is 0 Å². The van der Waals surface area contributed by atoms with Crippen LogP contribution in [0.5, 0.6) is 11.5 Å². The van der Waals surface area contributed by atoms with Gasteiger partial charge in [0.15, 0.2) is 11.5 Å². The lowest BCUT2D eigenvalue weighted by Gasteiger charge is -2.36. The number of rotatable bonds is 11. The zero-order valence-corrected chi connectivity index (χ0v) is 19.6. The van der Waals surface area contributed by atoms with E-state index in [0.717, 1.165) is 38.2 Å². The fraction of sp³-hybridized carbons (Fsp3) is 0.500. The van der Waals surface area contributed by atoms with Crippen LogP contribution >= 0.6 is 0 Å². The maximum absolute atomic E-state index is 13.2. The van der Waals surface area contributed by atoms with Gasteiger partial charge in [0, 0.05) is 19.6 Å². The molecule has 174 valence electrons. The molecule has 1 unspecified atom stereocenters. The van der Waals surface area contributed by atoms with Crippen molar-refractivity contribution in [1.29, 1.82) is 0 Å². The first-order valence-electron chi connectivity index (χ1n) is 11.8. The lowest BCUT2D eigenvalue weighted by molar-refractivity contribution is -0.127. The van der Waals surface area contributed by atoms with Crippen LogP contribution < -0.4 is 10.1 Å². The number of phenols is 1. The predicted molar refractivity (Wildman–Crippen MR) is 128 cm³/mol. The van der Waals surface area contributed by atoms with E-state index in [9.17, 15) is 9.90 Å². The smallest absolute Gasteiger partial charge is 0.237 e. The fourth-order valence-corrected chi connectivity index (χ4v) is 4.34. The lowest BCUT2D eigenvalue weighted by Crippen LogP contribution is -2.50. The second-order valence-electron chi connectivity index (χ2n) is 8.30. The number of phenolic OH excluding ortho intramolecular Hbond substituents is 1. The zero-order valence-electron chi connectivity index (χ0n) is 19.6. The van der Waals surface area contributed by atoms with Gasteiger partial charge in [0.2, 0.25) is 5.91 Å². The first-order chi connectivity index (χ1) is 15.5. The molecule has 1 heterocycles. The van der Waals surface area contributed by atoms with Crippen molar-refractivity contribution in [3.63, 3.8) is 0 Å². The highest BCUT2D eigenvalue weighted by atomic mass is 16.5. The molecule has 0 fully saturated rings. The first-order valence-corrected chi connectivity index (χ1v) is 11.8.